The molecule has 0 spiro atoms. The third-order valence-corrected chi connectivity index (χ3v) is 3.56. The van der Waals surface area contributed by atoms with Gasteiger partial charge in [-0.25, -0.2) is 0 Å². The average molecular weight is 171 g/mol. The molecule has 0 aromatic carbocycles. The summed E-state index contributed by atoms with van der Waals surface area (Å²) in [7, 11) is 0. The highest BCUT2D eigenvalue weighted by Gasteiger charge is 2.49. The fourth-order valence-electron chi connectivity index (χ4n) is 2.32. The smallest absolute Gasteiger partial charge is 0.228 e. The van der Waals surface area contributed by atoms with Crippen LogP contribution >= 0.6 is 11.6 Å². The fourth-order valence-corrected chi connectivity index (χ4v) is 2.54. The Morgan fingerprint density at radius 2 is 2.36 bits per heavy atom. The van der Waals surface area contributed by atoms with E-state index in [0.29, 0.717) is 11.8 Å². The molecule has 1 nitrogen and oxygen atoms in total. The van der Waals surface area contributed by atoms with E-state index in [9.17, 15) is 4.79 Å². The van der Waals surface area contributed by atoms with Crippen molar-refractivity contribution in [3.05, 3.63) is 12.2 Å². The molecule has 2 aliphatic carbocycles. The van der Waals surface area contributed by atoms with Crippen LogP contribution in [-0.2, 0) is 4.79 Å². The largest absolute Gasteiger partial charge is 0.281 e. The van der Waals surface area contributed by atoms with Crippen LogP contribution in [0.2, 0.25) is 0 Å². The van der Waals surface area contributed by atoms with E-state index in [0.717, 1.165) is 12.8 Å². The lowest BCUT2D eigenvalue weighted by atomic mass is 9.79. The zero-order valence-electron chi connectivity index (χ0n) is 6.51. The van der Waals surface area contributed by atoms with Crippen molar-refractivity contribution in [2.75, 3.05) is 0 Å². The Hall–Kier alpha value is -0.300. The molecule has 0 amide bonds. The van der Waals surface area contributed by atoms with E-state index >= 15 is 0 Å². The first-order valence-electron chi connectivity index (χ1n) is 4.01. The van der Waals surface area contributed by atoms with Gasteiger partial charge in [-0.2, -0.15) is 0 Å². The Morgan fingerprint density at radius 1 is 1.64 bits per heavy atom. The Balaban J connectivity index is 2.30. The molecule has 1 saturated carbocycles. The van der Waals surface area contributed by atoms with Crippen molar-refractivity contribution in [2.45, 2.75) is 19.8 Å². The summed E-state index contributed by atoms with van der Waals surface area (Å²) >= 11 is 5.55. The maximum absolute atomic E-state index is 11.1. The highest BCUT2D eigenvalue weighted by Crippen LogP contribution is 2.52. The number of carbonyl (C=O) groups is 1. The number of halogens is 1. The molecule has 3 unspecified atom stereocenters. The third-order valence-electron chi connectivity index (χ3n) is 3.13. The summed E-state index contributed by atoms with van der Waals surface area (Å²) in [5, 5.41) is -0.158. The molecule has 0 aromatic rings. The van der Waals surface area contributed by atoms with Crippen LogP contribution in [-0.4, -0.2) is 5.24 Å². The quantitative estimate of drug-likeness (QED) is 0.436. The molecule has 0 aromatic heterocycles. The molecule has 2 aliphatic rings. The second-order valence-electron chi connectivity index (χ2n) is 3.88. The predicted molar refractivity (Wildman–Crippen MR) is 44.3 cm³/mol. The first-order valence-corrected chi connectivity index (χ1v) is 4.39. The van der Waals surface area contributed by atoms with Crippen molar-refractivity contribution in [3.8, 4) is 0 Å². The lowest BCUT2D eigenvalue weighted by Crippen LogP contribution is -2.28. The van der Waals surface area contributed by atoms with Gasteiger partial charge in [0.1, 0.15) is 0 Å². The number of fused-ring (bicyclic) bond motifs is 2. The van der Waals surface area contributed by atoms with Gasteiger partial charge in [0.25, 0.3) is 0 Å². The van der Waals surface area contributed by atoms with E-state index in [4.69, 9.17) is 11.6 Å². The minimum Gasteiger partial charge on any atom is -0.281 e. The van der Waals surface area contributed by atoms with Gasteiger partial charge in [-0.3, -0.25) is 4.79 Å². The molecule has 0 radical (unpaired) electrons. The van der Waals surface area contributed by atoms with E-state index in [1.54, 1.807) is 0 Å². The van der Waals surface area contributed by atoms with Crippen molar-refractivity contribution in [1.82, 2.24) is 0 Å². The second kappa shape index (κ2) is 2.10. The minimum atomic E-state index is -0.249. The minimum absolute atomic E-state index is 0.158. The molecular formula is C9H11ClO. The van der Waals surface area contributed by atoms with Gasteiger partial charge < -0.3 is 0 Å². The maximum Gasteiger partial charge on any atom is 0.228 e. The van der Waals surface area contributed by atoms with Gasteiger partial charge in [0.2, 0.25) is 5.24 Å². The second-order valence-corrected chi connectivity index (χ2v) is 4.23. The van der Waals surface area contributed by atoms with Gasteiger partial charge >= 0.3 is 0 Å². The summed E-state index contributed by atoms with van der Waals surface area (Å²) in [5.41, 5.74) is -0.249. The average Bonchev–Trinajstić information content (AvgIpc) is 2.45. The molecule has 11 heavy (non-hydrogen) atoms. The maximum atomic E-state index is 11.1. The molecular weight excluding hydrogens is 160 g/mol. The summed E-state index contributed by atoms with van der Waals surface area (Å²) < 4.78 is 0. The van der Waals surface area contributed by atoms with Gasteiger partial charge in [0.15, 0.2) is 0 Å². The van der Waals surface area contributed by atoms with Gasteiger partial charge in [-0.15, -0.1) is 0 Å². The van der Waals surface area contributed by atoms with Gasteiger partial charge in [0.05, 0.1) is 0 Å². The van der Waals surface area contributed by atoms with Crippen molar-refractivity contribution < 1.29 is 4.79 Å². The fraction of sp³-hybridized carbons (Fsp3) is 0.667. The monoisotopic (exact) mass is 170 g/mol. The summed E-state index contributed by atoms with van der Waals surface area (Å²) in [5.74, 6) is 1.03. The van der Waals surface area contributed by atoms with Gasteiger partial charge in [-0.1, -0.05) is 19.1 Å². The molecule has 0 heterocycles. The van der Waals surface area contributed by atoms with Crippen LogP contribution in [0.1, 0.15) is 19.8 Å². The Kier molecular flexibility index (Phi) is 1.40. The molecule has 60 valence electrons. The van der Waals surface area contributed by atoms with Crippen LogP contribution < -0.4 is 0 Å². The summed E-state index contributed by atoms with van der Waals surface area (Å²) in [6, 6.07) is 0. The molecule has 3 atom stereocenters. The highest BCUT2D eigenvalue weighted by molar-refractivity contribution is 6.64. The standard InChI is InChI=1S/C9H11ClO/c1-9(8(10)11)5-6-2-3-7(9)4-6/h2-3,6-7H,4-5H2,1H3. The van der Waals surface area contributed by atoms with E-state index in [1.165, 1.54) is 0 Å². The van der Waals surface area contributed by atoms with E-state index in [2.05, 4.69) is 12.2 Å². The number of carbonyl (C=O) groups excluding carboxylic acids is 1. The molecule has 0 saturated heterocycles. The molecule has 1 fully saturated rings. The topological polar surface area (TPSA) is 17.1 Å². The van der Waals surface area contributed by atoms with Crippen LogP contribution in [0.15, 0.2) is 12.2 Å². The SMILES string of the molecule is CC1(C(=O)Cl)CC2C=CC1C2. The first kappa shape index (κ1) is 7.35. The highest BCUT2D eigenvalue weighted by atomic mass is 35.5. The summed E-state index contributed by atoms with van der Waals surface area (Å²) in [4.78, 5) is 11.1. The zero-order valence-corrected chi connectivity index (χ0v) is 7.27. The Labute approximate surface area is 71.4 Å². The van der Waals surface area contributed by atoms with Crippen molar-refractivity contribution in [2.24, 2.45) is 17.3 Å². The molecule has 2 bridgehead atoms. The number of hydrogen-bond donors (Lipinski definition) is 0. The van der Waals surface area contributed by atoms with Gasteiger partial charge in [-0.05, 0) is 36.3 Å². The first-order chi connectivity index (χ1) is 5.13. The summed E-state index contributed by atoms with van der Waals surface area (Å²) in [6.07, 6.45) is 6.45. The van der Waals surface area contributed by atoms with E-state index in [1.807, 2.05) is 6.92 Å². The van der Waals surface area contributed by atoms with Crippen molar-refractivity contribution in [1.29, 1.82) is 0 Å². The Morgan fingerprint density at radius 3 is 2.64 bits per heavy atom. The Bertz CT molecular complexity index is 234. The van der Waals surface area contributed by atoms with E-state index in [-0.39, 0.29) is 10.7 Å². The number of rotatable bonds is 1. The molecule has 0 aliphatic heterocycles. The van der Waals surface area contributed by atoms with Crippen LogP contribution in [0.5, 0.6) is 0 Å². The molecule has 2 rings (SSSR count). The zero-order chi connectivity index (χ0) is 8.06. The van der Waals surface area contributed by atoms with Crippen LogP contribution in [0.25, 0.3) is 0 Å². The van der Waals surface area contributed by atoms with Crippen molar-refractivity contribution in [3.63, 3.8) is 0 Å². The van der Waals surface area contributed by atoms with Gasteiger partial charge in [0, 0.05) is 5.41 Å². The van der Waals surface area contributed by atoms with Crippen molar-refractivity contribution >= 4 is 16.8 Å². The summed E-state index contributed by atoms with van der Waals surface area (Å²) in [6.45, 7) is 1.98. The third kappa shape index (κ3) is 0.871. The lowest BCUT2D eigenvalue weighted by Gasteiger charge is -2.26. The van der Waals surface area contributed by atoms with Crippen LogP contribution in [0.4, 0.5) is 0 Å². The molecule has 0 N–H and O–H groups in total. The van der Waals surface area contributed by atoms with Crippen LogP contribution in [0, 0.1) is 17.3 Å². The normalized spacial score (nSPS) is 46.7. The lowest BCUT2D eigenvalue weighted by molar-refractivity contribution is -0.120. The van der Waals surface area contributed by atoms with Crippen LogP contribution in [0.3, 0.4) is 0 Å². The number of hydrogen-bond acceptors (Lipinski definition) is 1. The van der Waals surface area contributed by atoms with E-state index < -0.39 is 0 Å². The predicted octanol–water partition coefficient (Wildman–Crippen LogP) is 2.35. The number of allylic oxidation sites excluding steroid dienone is 2. The molecule has 2 heteroatoms.